The maximum Gasteiger partial charge on any atom is 0.290 e. The Morgan fingerprint density at radius 3 is 2.51 bits per heavy atom. The predicted molar refractivity (Wildman–Crippen MR) is 134 cm³/mol. The van der Waals surface area contributed by atoms with E-state index in [1.54, 1.807) is 32.9 Å². The summed E-state index contributed by atoms with van der Waals surface area (Å²) in [6.45, 7) is 9.81. The van der Waals surface area contributed by atoms with E-state index in [4.69, 9.17) is 4.74 Å². The molecule has 0 bridgehead atoms. The van der Waals surface area contributed by atoms with Gasteiger partial charge in [-0.25, -0.2) is 4.98 Å². The first kappa shape index (κ1) is 24.5. The smallest absolute Gasteiger partial charge is 0.290 e. The summed E-state index contributed by atoms with van der Waals surface area (Å²) < 4.78 is 5.56. The standard InChI is InChI=1S/C27H28N2O5S/c1-6-34-21-12-18(9-10-20(21)30)23-22(24(31)26-16(4)28-17(5)35-26)25(32)27(33)29(23)13-19-11-14(2)7-8-15(19)3/h7-12,23,30,32H,6,13H2,1-5H3. The van der Waals surface area contributed by atoms with Crippen molar-refractivity contribution in [3.63, 3.8) is 0 Å². The zero-order valence-corrected chi connectivity index (χ0v) is 21.2. The lowest BCUT2D eigenvalue weighted by Gasteiger charge is -2.28. The lowest BCUT2D eigenvalue weighted by atomic mass is 9.94. The van der Waals surface area contributed by atoms with Crippen LogP contribution < -0.4 is 4.74 Å². The summed E-state index contributed by atoms with van der Waals surface area (Å²) in [6.07, 6.45) is 0. The normalized spacial score (nSPS) is 15.7. The summed E-state index contributed by atoms with van der Waals surface area (Å²) in [6, 6.07) is 9.84. The molecule has 0 spiro atoms. The molecule has 0 saturated carbocycles. The van der Waals surface area contributed by atoms with Gasteiger partial charge < -0.3 is 19.8 Å². The fraction of sp³-hybridized carbons (Fsp3) is 0.296. The van der Waals surface area contributed by atoms with Gasteiger partial charge in [-0.15, -0.1) is 11.3 Å². The number of carbonyl (C=O) groups excluding carboxylic acids is 2. The van der Waals surface area contributed by atoms with Crippen LogP contribution in [0.2, 0.25) is 0 Å². The monoisotopic (exact) mass is 492 g/mol. The highest BCUT2D eigenvalue weighted by Gasteiger charge is 2.44. The molecule has 1 unspecified atom stereocenters. The number of benzene rings is 2. The van der Waals surface area contributed by atoms with Gasteiger partial charge in [-0.1, -0.05) is 29.8 Å². The molecule has 1 atom stereocenters. The van der Waals surface area contributed by atoms with Crippen LogP contribution in [0.25, 0.3) is 0 Å². The van der Waals surface area contributed by atoms with E-state index in [1.165, 1.54) is 22.3 Å². The van der Waals surface area contributed by atoms with Crippen molar-refractivity contribution in [1.29, 1.82) is 0 Å². The quantitative estimate of drug-likeness (QED) is 0.437. The van der Waals surface area contributed by atoms with Crippen molar-refractivity contribution in [3.05, 3.63) is 85.6 Å². The average Bonchev–Trinajstić information content (AvgIpc) is 3.28. The van der Waals surface area contributed by atoms with Gasteiger partial charge in [0.25, 0.3) is 5.91 Å². The number of aliphatic hydroxyl groups is 1. The first-order chi connectivity index (χ1) is 16.6. The van der Waals surface area contributed by atoms with Crippen LogP contribution in [-0.4, -0.2) is 38.4 Å². The zero-order chi connectivity index (χ0) is 25.4. The Morgan fingerprint density at radius 1 is 1.11 bits per heavy atom. The number of thiazole rings is 1. The molecule has 3 aromatic rings. The van der Waals surface area contributed by atoms with Crippen molar-refractivity contribution in [2.24, 2.45) is 0 Å². The number of aryl methyl sites for hydroxylation is 4. The lowest BCUT2D eigenvalue weighted by Crippen LogP contribution is -2.31. The Morgan fingerprint density at radius 2 is 1.86 bits per heavy atom. The molecule has 7 nitrogen and oxygen atoms in total. The minimum Gasteiger partial charge on any atom is -0.504 e. The van der Waals surface area contributed by atoms with E-state index in [1.807, 2.05) is 32.0 Å². The first-order valence-corrected chi connectivity index (χ1v) is 12.2. The lowest BCUT2D eigenvalue weighted by molar-refractivity contribution is -0.130. The van der Waals surface area contributed by atoms with E-state index < -0.39 is 23.5 Å². The molecule has 2 N–H and O–H groups in total. The summed E-state index contributed by atoms with van der Waals surface area (Å²) in [5, 5.41) is 21.9. The first-order valence-electron chi connectivity index (χ1n) is 11.4. The van der Waals surface area contributed by atoms with E-state index in [0.717, 1.165) is 21.7 Å². The van der Waals surface area contributed by atoms with Crippen LogP contribution in [0.5, 0.6) is 11.5 Å². The van der Waals surface area contributed by atoms with Crippen molar-refractivity contribution in [1.82, 2.24) is 9.88 Å². The average molecular weight is 493 g/mol. The minimum atomic E-state index is -0.864. The van der Waals surface area contributed by atoms with Gasteiger partial charge in [0, 0.05) is 6.54 Å². The van der Waals surface area contributed by atoms with Gasteiger partial charge in [-0.3, -0.25) is 9.59 Å². The van der Waals surface area contributed by atoms with Crippen molar-refractivity contribution >= 4 is 23.0 Å². The van der Waals surface area contributed by atoms with Crippen LogP contribution in [0.1, 0.15) is 55.6 Å². The predicted octanol–water partition coefficient (Wildman–Crippen LogP) is 5.26. The van der Waals surface area contributed by atoms with E-state index in [-0.39, 0.29) is 23.6 Å². The number of carbonyl (C=O) groups is 2. The molecule has 2 aromatic carbocycles. The summed E-state index contributed by atoms with van der Waals surface area (Å²) >= 11 is 1.23. The zero-order valence-electron chi connectivity index (χ0n) is 20.4. The third-order valence-electron chi connectivity index (χ3n) is 6.10. The Kier molecular flexibility index (Phi) is 6.67. The molecule has 1 aliphatic rings. The molecule has 1 aromatic heterocycles. The SMILES string of the molecule is CCOc1cc(C2C(C(=O)c3sc(C)nc3C)=C(O)C(=O)N2Cc2cc(C)ccc2C)ccc1O. The number of phenols is 1. The van der Waals surface area contributed by atoms with Crippen molar-refractivity contribution in [2.45, 2.75) is 47.2 Å². The van der Waals surface area contributed by atoms with Crippen LogP contribution in [0.15, 0.2) is 47.7 Å². The fourth-order valence-electron chi connectivity index (χ4n) is 4.39. The number of ether oxygens (including phenoxy) is 1. The second kappa shape index (κ2) is 9.54. The van der Waals surface area contributed by atoms with Crippen molar-refractivity contribution < 1.29 is 24.5 Å². The van der Waals surface area contributed by atoms with Crippen LogP contribution in [-0.2, 0) is 11.3 Å². The third kappa shape index (κ3) is 4.53. The molecule has 182 valence electrons. The van der Waals surface area contributed by atoms with Gasteiger partial charge in [0.15, 0.2) is 17.3 Å². The van der Waals surface area contributed by atoms with Gasteiger partial charge in [0.1, 0.15) is 0 Å². The summed E-state index contributed by atoms with van der Waals surface area (Å²) in [4.78, 5) is 33.3. The number of aromatic hydroxyl groups is 1. The second-order valence-corrected chi connectivity index (χ2v) is 9.87. The Bertz CT molecular complexity index is 1360. The largest absolute Gasteiger partial charge is 0.504 e. The number of aliphatic hydroxyl groups excluding tert-OH is 1. The molecular formula is C27H28N2O5S. The van der Waals surface area contributed by atoms with Crippen LogP contribution in [0.4, 0.5) is 0 Å². The molecule has 1 amide bonds. The number of hydrogen-bond acceptors (Lipinski definition) is 7. The third-order valence-corrected chi connectivity index (χ3v) is 7.17. The van der Waals surface area contributed by atoms with Crippen LogP contribution in [0, 0.1) is 27.7 Å². The number of phenolic OH excluding ortho intramolecular Hbond substituents is 1. The van der Waals surface area contributed by atoms with Gasteiger partial charge in [-0.2, -0.15) is 0 Å². The Labute approximate surface area is 208 Å². The van der Waals surface area contributed by atoms with E-state index >= 15 is 0 Å². The highest BCUT2D eigenvalue weighted by atomic mass is 32.1. The highest BCUT2D eigenvalue weighted by molar-refractivity contribution is 7.14. The van der Waals surface area contributed by atoms with Crippen molar-refractivity contribution in [3.8, 4) is 11.5 Å². The minimum absolute atomic E-state index is 0.000180. The van der Waals surface area contributed by atoms with E-state index in [9.17, 15) is 19.8 Å². The molecule has 0 fully saturated rings. The molecule has 2 heterocycles. The molecule has 1 aliphatic heterocycles. The van der Waals surface area contributed by atoms with E-state index in [0.29, 0.717) is 22.7 Å². The second-order valence-electron chi connectivity index (χ2n) is 8.66. The topological polar surface area (TPSA) is 100.0 Å². The summed E-state index contributed by atoms with van der Waals surface area (Å²) in [5.41, 5.74) is 4.06. The van der Waals surface area contributed by atoms with Gasteiger partial charge in [0.2, 0.25) is 5.78 Å². The number of Topliss-reactive ketones (excluding diaryl/α,β-unsaturated/α-hetero) is 1. The highest BCUT2D eigenvalue weighted by Crippen LogP contribution is 2.43. The van der Waals surface area contributed by atoms with Crippen LogP contribution >= 0.6 is 11.3 Å². The fourth-order valence-corrected chi connectivity index (χ4v) is 5.26. The molecular weight excluding hydrogens is 464 g/mol. The summed E-state index contributed by atoms with van der Waals surface area (Å²) in [5.74, 6) is -1.42. The Hall–Kier alpha value is -3.65. The van der Waals surface area contributed by atoms with E-state index in [2.05, 4.69) is 4.98 Å². The number of aromatic nitrogens is 1. The van der Waals surface area contributed by atoms with Crippen LogP contribution in [0.3, 0.4) is 0 Å². The molecule has 0 aliphatic carbocycles. The number of rotatable bonds is 7. The number of nitrogens with zero attached hydrogens (tertiary/aromatic N) is 2. The molecule has 4 rings (SSSR count). The molecule has 35 heavy (non-hydrogen) atoms. The molecule has 0 radical (unpaired) electrons. The van der Waals surface area contributed by atoms with Gasteiger partial charge >= 0.3 is 0 Å². The maximum absolute atomic E-state index is 13.7. The van der Waals surface area contributed by atoms with Gasteiger partial charge in [0.05, 0.1) is 33.8 Å². The molecule has 8 heteroatoms. The van der Waals surface area contributed by atoms with Crippen molar-refractivity contribution in [2.75, 3.05) is 6.61 Å². The number of hydrogen-bond donors (Lipinski definition) is 2. The van der Waals surface area contributed by atoms with Gasteiger partial charge in [-0.05, 0) is 63.4 Å². The maximum atomic E-state index is 13.7. The Balaban J connectivity index is 1.86. The number of ketones is 1. The number of amides is 1. The summed E-state index contributed by atoms with van der Waals surface area (Å²) in [7, 11) is 0. The molecule has 0 saturated heterocycles.